The first kappa shape index (κ1) is 26.9. The molecule has 0 aliphatic carbocycles. The summed E-state index contributed by atoms with van der Waals surface area (Å²) in [4.78, 5) is 40.1. The molecule has 0 spiro atoms. The van der Waals surface area contributed by atoms with Crippen LogP contribution in [0.15, 0.2) is 53.5 Å². The minimum atomic E-state index is -4.94. The normalized spacial score (nSPS) is 17.8. The third-order valence-corrected chi connectivity index (χ3v) is 6.18. The van der Waals surface area contributed by atoms with Gasteiger partial charge in [0.05, 0.1) is 22.5 Å². The largest absolute Gasteiger partial charge is 0.417 e. The Hall–Kier alpha value is -4.19. The van der Waals surface area contributed by atoms with Crippen LogP contribution >= 0.6 is 0 Å². The summed E-state index contributed by atoms with van der Waals surface area (Å²) >= 11 is 0. The number of hydrogen-bond donors (Lipinski definition) is 4. The van der Waals surface area contributed by atoms with Gasteiger partial charge in [-0.2, -0.15) is 13.2 Å². The third-order valence-electron chi connectivity index (χ3n) is 6.18. The summed E-state index contributed by atoms with van der Waals surface area (Å²) in [5.41, 5.74) is 3.11. The fourth-order valence-corrected chi connectivity index (χ4v) is 4.59. The molecule has 38 heavy (non-hydrogen) atoms. The second kappa shape index (κ2) is 10.3. The third kappa shape index (κ3) is 5.70. The molecule has 1 fully saturated rings. The zero-order valence-electron chi connectivity index (χ0n) is 20.4. The molecule has 1 aliphatic rings. The molecule has 5 N–H and O–H groups in total. The van der Waals surface area contributed by atoms with E-state index in [0.29, 0.717) is 36.6 Å². The van der Waals surface area contributed by atoms with E-state index in [1.54, 1.807) is 12.1 Å². The van der Waals surface area contributed by atoms with Crippen molar-refractivity contribution in [3.05, 3.63) is 81.5 Å². The van der Waals surface area contributed by atoms with Crippen LogP contribution in [0.5, 0.6) is 0 Å². The molecule has 0 unspecified atom stereocenters. The first-order chi connectivity index (χ1) is 17.8. The molecule has 3 aromatic rings. The number of benzene rings is 2. The maximum absolute atomic E-state index is 14.9. The van der Waals surface area contributed by atoms with Crippen molar-refractivity contribution in [2.45, 2.75) is 32.1 Å². The summed E-state index contributed by atoms with van der Waals surface area (Å²) in [7, 11) is 0. The lowest BCUT2D eigenvalue weighted by Gasteiger charge is -2.38. The summed E-state index contributed by atoms with van der Waals surface area (Å²) in [5.74, 6) is -2.65. The number of aromatic nitrogens is 1. The molecular formula is C26H25F4N5O3. The molecule has 2 heterocycles. The Morgan fingerprint density at radius 3 is 2.34 bits per heavy atom. The number of primary amides is 1. The van der Waals surface area contributed by atoms with Gasteiger partial charge in [-0.3, -0.25) is 14.4 Å². The smallest absolute Gasteiger partial charge is 0.367 e. The number of H-pyrrole nitrogens is 1. The summed E-state index contributed by atoms with van der Waals surface area (Å²) in [6, 6.07) is 8.89. The van der Waals surface area contributed by atoms with Crippen LogP contribution < -0.4 is 26.8 Å². The number of piperazine rings is 1. The molecule has 0 saturated carbocycles. The lowest BCUT2D eigenvalue weighted by Crippen LogP contribution is -2.54. The number of hydrogen-bond acceptors (Lipinski definition) is 5. The zero-order valence-corrected chi connectivity index (χ0v) is 20.4. The minimum absolute atomic E-state index is 0.0297. The van der Waals surface area contributed by atoms with Gasteiger partial charge in [0.25, 0.3) is 5.91 Å². The molecule has 0 radical (unpaired) electrons. The van der Waals surface area contributed by atoms with Crippen LogP contribution in [0.4, 0.5) is 28.9 Å². The van der Waals surface area contributed by atoms with Gasteiger partial charge in [-0.1, -0.05) is 12.1 Å². The van der Waals surface area contributed by atoms with E-state index in [2.05, 4.69) is 15.6 Å². The van der Waals surface area contributed by atoms with E-state index in [1.165, 1.54) is 18.2 Å². The van der Waals surface area contributed by atoms with Gasteiger partial charge in [-0.15, -0.1) is 0 Å². The van der Waals surface area contributed by atoms with Crippen LogP contribution in [-0.4, -0.2) is 42.0 Å². The first-order valence-electron chi connectivity index (χ1n) is 11.7. The van der Waals surface area contributed by atoms with Gasteiger partial charge in [-0.25, -0.2) is 4.39 Å². The number of carbonyl (C=O) groups excluding carboxylic acids is 2. The minimum Gasteiger partial charge on any atom is -0.367 e. The molecule has 12 heteroatoms. The predicted octanol–water partition coefficient (Wildman–Crippen LogP) is 3.74. The number of halogens is 4. The highest BCUT2D eigenvalue weighted by Crippen LogP contribution is 2.36. The number of anilines is 2. The Morgan fingerprint density at radius 2 is 1.74 bits per heavy atom. The van der Waals surface area contributed by atoms with E-state index in [1.807, 2.05) is 18.7 Å². The number of rotatable bonds is 5. The Bertz CT molecular complexity index is 1440. The Morgan fingerprint density at radius 1 is 1.05 bits per heavy atom. The van der Waals surface area contributed by atoms with Crippen LogP contribution in [0.3, 0.4) is 0 Å². The van der Waals surface area contributed by atoms with E-state index in [-0.39, 0.29) is 28.9 Å². The molecular weight excluding hydrogens is 506 g/mol. The topological polar surface area (TPSA) is 120 Å². The van der Waals surface area contributed by atoms with Crippen LogP contribution in [-0.2, 0) is 6.18 Å². The van der Waals surface area contributed by atoms with Crippen molar-refractivity contribution in [1.82, 2.24) is 10.3 Å². The second-order valence-corrected chi connectivity index (χ2v) is 9.24. The van der Waals surface area contributed by atoms with Gasteiger partial charge < -0.3 is 26.3 Å². The molecule has 200 valence electrons. The number of nitrogens with one attached hydrogen (secondary N) is 3. The highest BCUT2D eigenvalue weighted by Gasteiger charge is 2.36. The van der Waals surface area contributed by atoms with E-state index in [9.17, 15) is 31.9 Å². The van der Waals surface area contributed by atoms with Crippen molar-refractivity contribution in [2.75, 3.05) is 23.3 Å². The summed E-state index contributed by atoms with van der Waals surface area (Å²) in [5, 5.41) is 5.90. The van der Waals surface area contributed by atoms with E-state index < -0.39 is 40.5 Å². The van der Waals surface area contributed by atoms with Gasteiger partial charge in [-0.05, 0) is 43.7 Å². The van der Waals surface area contributed by atoms with Crippen LogP contribution in [0.2, 0.25) is 0 Å². The van der Waals surface area contributed by atoms with Gasteiger partial charge in [0.1, 0.15) is 5.82 Å². The van der Waals surface area contributed by atoms with Crippen molar-refractivity contribution in [2.24, 2.45) is 5.73 Å². The highest BCUT2D eigenvalue weighted by atomic mass is 19.4. The number of nitrogens with two attached hydrogens (primary N) is 1. The zero-order chi connectivity index (χ0) is 27.8. The average Bonchev–Trinajstić information content (AvgIpc) is 2.82. The number of pyridine rings is 1. The summed E-state index contributed by atoms with van der Waals surface area (Å²) < 4.78 is 55.6. The van der Waals surface area contributed by atoms with E-state index >= 15 is 0 Å². The molecule has 2 amide bonds. The van der Waals surface area contributed by atoms with Crippen LogP contribution in [0, 0.1) is 5.82 Å². The Kier molecular flexibility index (Phi) is 7.27. The van der Waals surface area contributed by atoms with Crippen LogP contribution in [0.1, 0.15) is 40.1 Å². The number of alkyl halides is 3. The molecule has 8 nitrogen and oxygen atoms in total. The molecule has 2 atom stereocenters. The molecule has 1 saturated heterocycles. The van der Waals surface area contributed by atoms with Crippen molar-refractivity contribution >= 4 is 23.2 Å². The maximum atomic E-state index is 14.9. The highest BCUT2D eigenvalue weighted by molar-refractivity contribution is 6.07. The monoisotopic (exact) mass is 531 g/mol. The summed E-state index contributed by atoms with van der Waals surface area (Å²) in [6.07, 6.45) is -4.23. The van der Waals surface area contributed by atoms with Crippen molar-refractivity contribution in [1.29, 1.82) is 0 Å². The van der Waals surface area contributed by atoms with Gasteiger partial charge >= 0.3 is 6.18 Å². The maximum Gasteiger partial charge on any atom is 0.417 e. The number of aromatic amines is 1. The van der Waals surface area contributed by atoms with E-state index in [4.69, 9.17) is 5.73 Å². The number of nitrogens with zero attached hydrogens (tertiary/aromatic N) is 1. The number of amides is 2. The average molecular weight is 532 g/mol. The fourth-order valence-electron chi connectivity index (χ4n) is 4.59. The lowest BCUT2D eigenvalue weighted by atomic mass is 10.0. The quantitative estimate of drug-likeness (QED) is 0.374. The van der Waals surface area contributed by atoms with Crippen LogP contribution in [0.25, 0.3) is 11.1 Å². The first-order valence-corrected chi connectivity index (χ1v) is 11.7. The predicted molar refractivity (Wildman–Crippen MR) is 135 cm³/mol. The van der Waals surface area contributed by atoms with E-state index in [0.717, 1.165) is 6.07 Å². The molecule has 1 aromatic heterocycles. The van der Waals surface area contributed by atoms with Gasteiger partial charge in [0.2, 0.25) is 11.5 Å². The van der Waals surface area contributed by atoms with Crippen molar-refractivity contribution in [3.63, 3.8) is 0 Å². The molecule has 4 rings (SSSR count). The van der Waals surface area contributed by atoms with Gasteiger partial charge in [0.15, 0.2) is 0 Å². The Balaban J connectivity index is 1.80. The molecule has 0 bridgehead atoms. The number of carbonyl (C=O) groups is 2. The van der Waals surface area contributed by atoms with Gasteiger partial charge in [0, 0.05) is 48.6 Å². The summed E-state index contributed by atoms with van der Waals surface area (Å²) in [6.45, 7) is 5.03. The lowest BCUT2D eigenvalue weighted by molar-refractivity contribution is -0.138. The SMILES string of the molecule is C[C@@H]1CN(c2ccc(-c3ccc(C(N)=O)cc3F)cc2NC(=O)c2c[nH]c(=O)cc2C(F)(F)F)C[C@H](C)N1. The molecule has 1 aliphatic heterocycles. The molecule has 2 aromatic carbocycles. The van der Waals surface area contributed by atoms with Crippen molar-refractivity contribution < 1.29 is 27.2 Å². The standard InChI is InChI=1S/C26H25F4N5O3/c1-13-11-35(12-14(2)33-13)22-6-4-15(17-5-3-16(24(31)37)7-20(17)27)8-21(22)34-25(38)18-10-32-23(36)9-19(18)26(28,29)30/h3-10,13-14,33H,11-12H2,1-2H3,(H2,31,37)(H,32,36)(H,34,38)/t13-,14+. The second-order valence-electron chi connectivity index (χ2n) is 9.24. The Labute approximate surface area is 214 Å². The fraction of sp³-hybridized carbons (Fsp3) is 0.269. The van der Waals surface area contributed by atoms with Crippen molar-refractivity contribution in [3.8, 4) is 11.1 Å².